The predicted octanol–water partition coefficient (Wildman–Crippen LogP) is 3.29. The molecule has 0 saturated carbocycles. The molecule has 1 aliphatic rings. The van der Waals surface area contributed by atoms with Gasteiger partial charge in [-0.25, -0.2) is 0 Å². The summed E-state index contributed by atoms with van der Waals surface area (Å²) in [6.45, 7) is 13.2. The van der Waals surface area contributed by atoms with E-state index in [1.807, 2.05) is 19.1 Å². The molecule has 1 N–H and O–H groups in total. The predicted molar refractivity (Wildman–Crippen MR) is 126 cm³/mol. The van der Waals surface area contributed by atoms with Gasteiger partial charge in [0.1, 0.15) is 5.75 Å². The van der Waals surface area contributed by atoms with Gasteiger partial charge in [0.2, 0.25) is 5.91 Å². The molecule has 1 aromatic carbocycles. The molecule has 1 aromatic heterocycles. The Labute approximate surface area is 192 Å². The quantitative estimate of drug-likeness (QED) is 0.612. The zero-order valence-corrected chi connectivity index (χ0v) is 20.2. The van der Waals surface area contributed by atoms with Gasteiger partial charge < -0.3 is 14.8 Å². The minimum Gasteiger partial charge on any atom is -0.497 e. The van der Waals surface area contributed by atoms with Crippen LogP contribution in [0, 0.1) is 19.8 Å². The normalized spacial score (nSPS) is 15.7. The van der Waals surface area contributed by atoms with Gasteiger partial charge in [-0.2, -0.15) is 5.10 Å². The number of carbonyl (C=O) groups excluding carboxylic acids is 1. The Morgan fingerprint density at radius 3 is 2.50 bits per heavy atom. The van der Waals surface area contributed by atoms with Crippen LogP contribution in [0.15, 0.2) is 24.3 Å². The maximum absolute atomic E-state index is 12.7. The summed E-state index contributed by atoms with van der Waals surface area (Å²) in [6.07, 6.45) is 1.18. The highest BCUT2D eigenvalue weighted by Gasteiger charge is 2.23. The third-order valence-corrected chi connectivity index (χ3v) is 6.15. The number of nitrogens with one attached hydrogen (secondary N) is 1. The molecule has 176 valence electrons. The number of benzene rings is 1. The first-order chi connectivity index (χ1) is 15.4. The molecule has 2 heterocycles. The van der Waals surface area contributed by atoms with E-state index in [2.05, 4.69) is 52.9 Å². The van der Waals surface area contributed by atoms with Gasteiger partial charge in [-0.05, 0) is 49.4 Å². The summed E-state index contributed by atoms with van der Waals surface area (Å²) in [4.78, 5) is 15.1. The van der Waals surface area contributed by atoms with E-state index < -0.39 is 0 Å². The lowest BCUT2D eigenvalue weighted by Gasteiger charge is -2.35. The molecule has 1 unspecified atom stereocenters. The molecule has 1 fully saturated rings. The van der Waals surface area contributed by atoms with Crippen LogP contribution >= 0.6 is 0 Å². The smallest absolute Gasteiger partial charge is 0.220 e. The van der Waals surface area contributed by atoms with E-state index in [0.29, 0.717) is 25.3 Å². The lowest BCUT2D eigenvalue weighted by Crippen LogP contribution is -2.43. The number of methoxy groups -OCH3 is 1. The zero-order valence-electron chi connectivity index (χ0n) is 20.2. The van der Waals surface area contributed by atoms with Crippen molar-refractivity contribution in [1.29, 1.82) is 0 Å². The fraction of sp³-hybridized carbons (Fsp3) is 0.600. The Morgan fingerprint density at radius 1 is 1.19 bits per heavy atom. The number of ether oxygens (including phenoxy) is 2. The molecule has 3 rings (SSSR count). The van der Waals surface area contributed by atoms with Gasteiger partial charge >= 0.3 is 0 Å². The minimum atomic E-state index is 0.0761. The van der Waals surface area contributed by atoms with Crippen molar-refractivity contribution in [2.45, 2.75) is 53.1 Å². The van der Waals surface area contributed by atoms with Crippen molar-refractivity contribution < 1.29 is 14.3 Å². The number of nitrogens with zero attached hydrogens (tertiary/aromatic N) is 3. The monoisotopic (exact) mass is 442 g/mol. The Hall–Kier alpha value is -2.38. The number of morpholine rings is 1. The fourth-order valence-corrected chi connectivity index (χ4v) is 4.33. The number of amides is 1. The van der Waals surface area contributed by atoms with Crippen LogP contribution in [0.5, 0.6) is 5.75 Å². The third-order valence-electron chi connectivity index (χ3n) is 6.15. The van der Waals surface area contributed by atoms with E-state index in [-0.39, 0.29) is 11.9 Å². The Bertz CT molecular complexity index is 870. The van der Waals surface area contributed by atoms with Crippen molar-refractivity contribution in [2.75, 3.05) is 40.0 Å². The molecule has 7 nitrogen and oxygen atoms in total. The second kappa shape index (κ2) is 11.5. The van der Waals surface area contributed by atoms with Crippen LogP contribution in [0.25, 0.3) is 0 Å². The average Bonchev–Trinajstić information content (AvgIpc) is 3.05. The molecule has 0 bridgehead atoms. The van der Waals surface area contributed by atoms with E-state index in [0.717, 1.165) is 44.3 Å². The number of aryl methyl sites for hydroxylation is 1. The molecule has 32 heavy (non-hydrogen) atoms. The average molecular weight is 443 g/mol. The SMILES string of the molecule is COc1ccc(C(CNC(=O)CCc2c(C)nn(CC(C)C)c2C)N2CCOCC2)cc1. The summed E-state index contributed by atoms with van der Waals surface area (Å²) >= 11 is 0. The van der Waals surface area contributed by atoms with Crippen molar-refractivity contribution in [2.24, 2.45) is 5.92 Å². The minimum absolute atomic E-state index is 0.0761. The Morgan fingerprint density at radius 2 is 1.88 bits per heavy atom. The molecule has 0 radical (unpaired) electrons. The van der Waals surface area contributed by atoms with Crippen molar-refractivity contribution >= 4 is 5.91 Å². The van der Waals surface area contributed by atoms with Crippen LogP contribution < -0.4 is 10.1 Å². The van der Waals surface area contributed by atoms with Gasteiger partial charge in [0, 0.05) is 38.3 Å². The molecule has 2 aromatic rings. The van der Waals surface area contributed by atoms with E-state index >= 15 is 0 Å². The van der Waals surface area contributed by atoms with E-state index in [1.54, 1.807) is 7.11 Å². The molecule has 1 amide bonds. The van der Waals surface area contributed by atoms with Crippen LogP contribution in [0.3, 0.4) is 0 Å². The van der Waals surface area contributed by atoms with Crippen LogP contribution in [0.1, 0.15) is 48.8 Å². The number of hydrogen-bond donors (Lipinski definition) is 1. The second-order valence-corrected chi connectivity index (χ2v) is 8.97. The van der Waals surface area contributed by atoms with E-state index in [4.69, 9.17) is 9.47 Å². The lowest BCUT2D eigenvalue weighted by atomic mass is 10.0. The van der Waals surface area contributed by atoms with Crippen LogP contribution in [0.4, 0.5) is 0 Å². The lowest BCUT2D eigenvalue weighted by molar-refractivity contribution is -0.121. The molecule has 0 aliphatic carbocycles. The second-order valence-electron chi connectivity index (χ2n) is 8.97. The largest absolute Gasteiger partial charge is 0.497 e. The van der Waals surface area contributed by atoms with E-state index in [9.17, 15) is 4.79 Å². The fourth-order valence-electron chi connectivity index (χ4n) is 4.33. The number of aromatic nitrogens is 2. The number of hydrogen-bond acceptors (Lipinski definition) is 5. The summed E-state index contributed by atoms with van der Waals surface area (Å²) in [5.41, 5.74) is 4.57. The summed E-state index contributed by atoms with van der Waals surface area (Å²) in [7, 11) is 1.67. The molecular formula is C25H38N4O3. The summed E-state index contributed by atoms with van der Waals surface area (Å²) in [5, 5.41) is 7.85. The highest BCUT2D eigenvalue weighted by molar-refractivity contribution is 5.76. The summed E-state index contributed by atoms with van der Waals surface area (Å²) in [6, 6.07) is 8.24. The van der Waals surface area contributed by atoms with Crippen LogP contribution in [-0.4, -0.2) is 60.5 Å². The maximum atomic E-state index is 12.7. The van der Waals surface area contributed by atoms with Gasteiger partial charge in [0.15, 0.2) is 0 Å². The van der Waals surface area contributed by atoms with Gasteiger partial charge in [-0.3, -0.25) is 14.4 Å². The first kappa shape index (κ1) is 24.3. The topological polar surface area (TPSA) is 68.6 Å². The zero-order chi connectivity index (χ0) is 23.1. The Balaban J connectivity index is 1.60. The maximum Gasteiger partial charge on any atom is 0.220 e. The van der Waals surface area contributed by atoms with Crippen molar-refractivity contribution in [3.63, 3.8) is 0 Å². The molecule has 1 atom stereocenters. The highest BCUT2D eigenvalue weighted by Crippen LogP contribution is 2.24. The highest BCUT2D eigenvalue weighted by atomic mass is 16.5. The van der Waals surface area contributed by atoms with E-state index in [1.165, 1.54) is 16.8 Å². The van der Waals surface area contributed by atoms with Gasteiger partial charge in [-0.1, -0.05) is 26.0 Å². The standard InChI is InChI=1S/C25H38N4O3/c1-18(2)17-29-20(4)23(19(3)27-29)10-11-25(30)26-16-24(28-12-14-32-15-13-28)21-6-8-22(31-5)9-7-21/h6-9,18,24H,10-17H2,1-5H3,(H,26,30). The number of carbonyl (C=O) groups is 1. The Kier molecular flexibility index (Phi) is 8.70. The van der Waals surface area contributed by atoms with Crippen molar-refractivity contribution in [3.05, 3.63) is 46.8 Å². The van der Waals surface area contributed by atoms with Crippen LogP contribution in [0.2, 0.25) is 0 Å². The first-order valence-corrected chi connectivity index (χ1v) is 11.6. The van der Waals surface area contributed by atoms with Crippen molar-refractivity contribution in [1.82, 2.24) is 20.0 Å². The molecule has 1 saturated heterocycles. The third kappa shape index (κ3) is 6.33. The summed E-state index contributed by atoms with van der Waals surface area (Å²) < 4.78 is 12.9. The van der Waals surface area contributed by atoms with Crippen LogP contribution in [-0.2, 0) is 22.5 Å². The molecule has 7 heteroatoms. The molecule has 0 spiro atoms. The van der Waals surface area contributed by atoms with Crippen molar-refractivity contribution in [3.8, 4) is 5.75 Å². The van der Waals surface area contributed by atoms with Gasteiger partial charge in [-0.15, -0.1) is 0 Å². The van der Waals surface area contributed by atoms with Gasteiger partial charge in [0.05, 0.1) is 32.1 Å². The first-order valence-electron chi connectivity index (χ1n) is 11.6. The number of rotatable bonds is 10. The van der Waals surface area contributed by atoms with Gasteiger partial charge in [0.25, 0.3) is 0 Å². The summed E-state index contributed by atoms with van der Waals surface area (Å²) in [5.74, 6) is 1.45. The molecular weight excluding hydrogens is 404 g/mol. The molecule has 1 aliphatic heterocycles.